The number of Topliss-reactive ketones (excluding diaryl/α,β-unsaturated/α-hetero) is 1. The molecule has 2 aromatic carbocycles. The maximum Gasteiger partial charge on any atom is 0.416 e. The van der Waals surface area contributed by atoms with Gasteiger partial charge in [0.2, 0.25) is 0 Å². The molecule has 0 amide bonds. The van der Waals surface area contributed by atoms with Gasteiger partial charge in [0.1, 0.15) is 5.75 Å². The maximum absolute atomic E-state index is 12.5. The Labute approximate surface area is 126 Å². The van der Waals surface area contributed by atoms with Crippen molar-refractivity contribution in [3.8, 4) is 5.75 Å². The molecule has 0 bridgehead atoms. The number of hydrogen-bond acceptors (Lipinski definition) is 2. The van der Waals surface area contributed by atoms with E-state index in [1.807, 2.05) is 32.0 Å². The summed E-state index contributed by atoms with van der Waals surface area (Å²) >= 11 is 0. The quantitative estimate of drug-likeness (QED) is 0.773. The van der Waals surface area contributed by atoms with Gasteiger partial charge in [0.05, 0.1) is 5.56 Å². The molecule has 0 radical (unpaired) electrons. The smallest absolute Gasteiger partial charge is 0.416 e. The topological polar surface area (TPSA) is 26.3 Å². The number of halogens is 3. The van der Waals surface area contributed by atoms with Gasteiger partial charge in [-0.25, -0.2) is 0 Å². The Morgan fingerprint density at radius 3 is 2.05 bits per heavy atom. The molecule has 2 rings (SSSR count). The van der Waals surface area contributed by atoms with E-state index in [4.69, 9.17) is 4.74 Å². The van der Waals surface area contributed by atoms with Gasteiger partial charge >= 0.3 is 6.18 Å². The third kappa shape index (κ3) is 3.67. The highest BCUT2D eigenvalue weighted by Gasteiger charge is 2.30. The van der Waals surface area contributed by atoms with Gasteiger partial charge in [-0.15, -0.1) is 0 Å². The molecule has 0 aliphatic rings. The molecular weight excluding hydrogens is 293 g/mol. The molecule has 0 fully saturated rings. The number of ether oxygens (including phenoxy) is 1. The van der Waals surface area contributed by atoms with E-state index in [9.17, 15) is 18.0 Å². The van der Waals surface area contributed by atoms with Crippen molar-refractivity contribution in [2.24, 2.45) is 0 Å². The summed E-state index contributed by atoms with van der Waals surface area (Å²) in [6.45, 7) is 3.52. The Kier molecular flexibility index (Phi) is 4.54. The fourth-order valence-electron chi connectivity index (χ4n) is 2.09. The average Bonchev–Trinajstić information content (AvgIpc) is 2.46. The first-order valence-corrected chi connectivity index (χ1v) is 6.68. The highest BCUT2D eigenvalue weighted by Crippen LogP contribution is 2.29. The van der Waals surface area contributed by atoms with Crippen LogP contribution in [-0.2, 0) is 6.18 Å². The van der Waals surface area contributed by atoms with E-state index in [1.165, 1.54) is 12.1 Å². The van der Waals surface area contributed by atoms with Crippen LogP contribution in [0.25, 0.3) is 0 Å². The van der Waals surface area contributed by atoms with E-state index in [0.717, 1.165) is 23.3 Å². The summed E-state index contributed by atoms with van der Waals surface area (Å²) in [4.78, 5) is 12.0. The Morgan fingerprint density at radius 2 is 1.55 bits per heavy atom. The molecule has 116 valence electrons. The summed E-state index contributed by atoms with van der Waals surface area (Å²) in [5.41, 5.74) is 1.22. The normalized spacial score (nSPS) is 11.3. The molecule has 0 aliphatic heterocycles. The molecule has 0 aromatic heterocycles. The number of carbonyl (C=O) groups excluding carboxylic acids is 1. The lowest BCUT2D eigenvalue weighted by Gasteiger charge is -2.11. The van der Waals surface area contributed by atoms with Crippen LogP contribution in [0, 0.1) is 13.8 Å². The lowest BCUT2D eigenvalue weighted by atomic mass is 10.1. The van der Waals surface area contributed by atoms with Gasteiger partial charge in [0, 0.05) is 5.56 Å². The van der Waals surface area contributed by atoms with Crippen LogP contribution in [0.2, 0.25) is 0 Å². The zero-order chi connectivity index (χ0) is 16.3. The highest BCUT2D eigenvalue weighted by atomic mass is 19.4. The van der Waals surface area contributed by atoms with Crippen LogP contribution in [0.1, 0.15) is 27.0 Å². The van der Waals surface area contributed by atoms with E-state index in [1.54, 1.807) is 0 Å². The third-order valence-electron chi connectivity index (χ3n) is 3.29. The lowest BCUT2D eigenvalue weighted by Crippen LogP contribution is -2.13. The predicted molar refractivity (Wildman–Crippen MR) is 77.2 cm³/mol. The molecule has 22 heavy (non-hydrogen) atoms. The number of benzene rings is 2. The summed E-state index contributed by atoms with van der Waals surface area (Å²) in [6.07, 6.45) is -4.41. The van der Waals surface area contributed by atoms with Crippen molar-refractivity contribution in [1.29, 1.82) is 0 Å². The van der Waals surface area contributed by atoms with Gasteiger partial charge in [-0.05, 0) is 37.1 Å². The molecule has 0 N–H and O–H groups in total. The van der Waals surface area contributed by atoms with Gasteiger partial charge < -0.3 is 4.74 Å². The Morgan fingerprint density at radius 1 is 1.00 bits per heavy atom. The molecule has 2 aromatic rings. The number of rotatable bonds is 4. The molecule has 5 heteroatoms. The lowest BCUT2D eigenvalue weighted by molar-refractivity contribution is -0.137. The van der Waals surface area contributed by atoms with E-state index in [2.05, 4.69) is 0 Å². The SMILES string of the molecule is Cc1cccc(C)c1OCC(=O)c1ccc(C(F)(F)F)cc1. The predicted octanol–water partition coefficient (Wildman–Crippen LogP) is 4.58. The van der Waals surface area contributed by atoms with E-state index < -0.39 is 11.7 Å². The van der Waals surface area contributed by atoms with Crippen LogP contribution < -0.4 is 4.74 Å². The first-order chi connectivity index (χ1) is 10.3. The Hall–Kier alpha value is -2.30. The molecule has 2 nitrogen and oxygen atoms in total. The molecule has 0 spiro atoms. The van der Waals surface area contributed by atoms with Crippen LogP contribution in [0.15, 0.2) is 42.5 Å². The van der Waals surface area contributed by atoms with Gasteiger partial charge in [0.15, 0.2) is 12.4 Å². The Balaban J connectivity index is 2.07. The van der Waals surface area contributed by atoms with Crippen molar-refractivity contribution in [2.75, 3.05) is 6.61 Å². The fraction of sp³-hybridized carbons (Fsp3) is 0.235. The molecule has 0 atom stereocenters. The van der Waals surface area contributed by atoms with Crippen molar-refractivity contribution in [3.63, 3.8) is 0 Å². The second-order valence-electron chi connectivity index (χ2n) is 5.01. The summed E-state index contributed by atoms with van der Waals surface area (Å²) in [7, 11) is 0. The minimum atomic E-state index is -4.41. The summed E-state index contributed by atoms with van der Waals surface area (Å²) < 4.78 is 42.9. The van der Waals surface area contributed by atoms with Crippen LogP contribution in [-0.4, -0.2) is 12.4 Å². The summed E-state index contributed by atoms with van der Waals surface area (Å²) in [6, 6.07) is 9.74. The molecule has 0 saturated carbocycles. The second-order valence-corrected chi connectivity index (χ2v) is 5.01. The van der Waals surface area contributed by atoms with Crippen molar-refractivity contribution in [3.05, 3.63) is 64.7 Å². The van der Waals surface area contributed by atoms with Gasteiger partial charge in [0.25, 0.3) is 0 Å². The minimum Gasteiger partial charge on any atom is -0.485 e. The first kappa shape index (κ1) is 16.1. The van der Waals surface area contributed by atoms with Gasteiger partial charge in [-0.2, -0.15) is 13.2 Å². The van der Waals surface area contributed by atoms with Crippen molar-refractivity contribution < 1.29 is 22.7 Å². The molecule has 0 saturated heterocycles. The van der Waals surface area contributed by atoms with Crippen molar-refractivity contribution in [1.82, 2.24) is 0 Å². The average molecular weight is 308 g/mol. The minimum absolute atomic E-state index is 0.194. The largest absolute Gasteiger partial charge is 0.485 e. The van der Waals surface area contributed by atoms with Crippen LogP contribution in [0.5, 0.6) is 5.75 Å². The van der Waals surface area contributed by atoms with Crippen LogP contribution in [0.3, 0.4) is 0 Å². The van der Waals surface area contributed by atoms with E-state index >= 15 is 0 Å². The number of carbonyl (C=O) groups is 1. The second kappa shape index (κ2) is 6.22. The number of para-hydroxylation sites is 1. The molecular formula is C17H15F3O2. The number of ketones is 1. The van der Waals surface area contributed by atoms with Crippen LogP contribution in [0.4, 0.5) is 13.2 Å². The molecule has 0 heterocycles. The van der Waals surface area contributed by atoms with Gasteiger partial charge in [-0.1, -0.05) is 30.3 Å². The molecule has 0 aliphatic carbocycles. The summed E-state index contributed by atoms with van der Waals surface area (Å²) in [5, 5.41) is 0. The molecule has 0 unspecified atom stereocenters. The monoisotopic (exact) mass is 308 g/mol. The Bertz CT molecular complexity index is 653. The number of hydrogen-bond donors (Lipinski definition) is 0. The van der Waals surface area contributed by atoms with Crippen molar-refractivity contribution >= 4 is 5.78 Å². The zero-order valence-electron chi connectivity index (χ0n) is 12.2. The summed E-state index contributed by atoms with van der Waals surface area (Å²) in [5.74, 6) is 0.263. The highest BCUT2D eigenvalue weighted by molar-refractivity contribution is 5.97. The van der Waals surface area contributed by atoms with Crippen molar-refractivity contribution in [2.45, 2.75) is 20.0 Å². The zero-order valence-corrected chi connectivity index (χ0v) is 12.2. The fourth-order valence-corrected chi connectivity index (χ4v) is 2.09. The number of aryl methyl sites for hydroxylation is 2. The van der Waals surface area contributed by atoms with E-state index in [-0.39, 0.29) is 18.0 Å². The first-order valence-electron chi connectivity index (χ1n) is 6.68. The van der Waals surface area contributed by atoms with Crippen LogP contribution >= 0.6 is 0 Å². The maximum atomic E-state index is 12.5. The standard InChI is InChI=1S/C17H15F3O2/c1-11-4-3-5-12(2)16(11)22-10-15(21)13-6-8-14(9-7-13)17(18,19)20/h3-9H,10H2,1-2H3. The van der Waals surface area contributed by atoms with Gasteiger partial charge in [-0.3, -0.25) is 4.79 Å². The number of alkyl halides is 3. The van der Waals surface area contributed by atoms with E-state index in [0.29, 0.717) is 5.75 Å². The third-order valence-corrected chi connectivity index (χ3v) is 3.29.